The van der Waals surface area contributed by atoms with E-state index in [1.807, 2.05) is 20.8 Å². The lowest BCUT2D eigenvalue weighted by atomic mass is 9.84. The van der Waals surface area contributed by atoms with Crippen LogP contribution in [0.15, 0.2) is 0 Å². The van der Waals surface area contributed by atoms with Crippen molar-refractivity contribution < 1.29 is 9.53 Å². The van der Waals surface area contributed by atoms with Gasteiger partial charge in [-0.15, -0.1) is 0 Å². The van der Waals surface area contributed by atoms with Gasteiger partial charge in [0.05, 0.1) is 0 Å². The number of carbonyl (C=O) groups is 1. The molecular weight excluding hydrogens is 252 g/mol. The van der Waals surface area contributed by atoms with Crippen molar-refractivity contribution >= 4 is 6.09 Å². The topological polar surface area (TPSA) is 50.4 Å². The lowest BCUT2D eigenvalue weighted by Gasteiger charge is -2.33. The maximum Gasteiger partial charge on any atom is 0.407 e. The summed E-state index contributed by atoms with van der Waals surface area (Å²) in [5, 5.41) is 6.72. The van der Waals surface area contributed by atoms with Gasteiger partial charge in [-0.3, -0.25) is 0 Å². The number of hydrogen-bond acceptors (Lipinski definition) is 3. The van der Waals surface area contributed by atoms with Gasteiger partial charge < -0.3 is 15.4 Å². The second-order valence-electron chi connectivity index (χ2n) is 7.52. The first-order valence-electron chi connectivity index (χ1n) is 8.08. The number of ether oxygens (including phenoxy) is 1. The van der Waals surface area contributed by atoms with Crippen LogP contribution in [0.5, 0.6) is 0 Å². The van der Waals surface area contributed by atoms with Gasteiger partial charge in [-0.2, -0.15) is 0 Å². The average molecular weight is 282 g/mol. The second kappa shape index (κ2) is 6.33. The predicted molar refractivity (Wildman–Crippen MR) is 80.7 cm³/mol. The van der Waals surface area contributed by atoms with Gasteiger partial charge >= 0.3 is 6.09 Å². The molecule has 2 aliphatic carbocycles. The smallest absolute Gasteiger partial charge is 0.407 e. The number of alkyl carbamates (subject to hydrolysis) is 1. The number of amides is 1. The summed E-state index contributed by atoms with van der Waals surface area (Å²) in [5.41, 5.74) is -0.419. The monoisotopic (exact) mass is 282 g/mol. The van der Waals surface area contributed by atoms with E-state index in [4.69, 9.17) is 4.74 Å². The molecule has 116 valence electrons. The summed E-state index contributed by atoms with van der Waals surface area (Å²) in [6.45, 7) is 8.71. The van der Waals surface area contributed by atoms with Gasteiger partial charge in [0.25, 0.3) is 0 Å². The zero-order valence-electron chi connectivity index (χ0n) is 13.4. The lowest BCUT2D eigenvalue weighted by Crippen LogP contribution is -2.46. The van der Waals surface area contributed by atoms with Crippen LogP contribution in [-0.2, 0) is 4.74 Å². The molecule has 0 heterocycles. The van der Waals surface area contributed by atoms with E-state index in [1.165, 1.54) is 32.1 Å². The number of carbonyl (C=O) groups excluding carboxylic acids is 1. The molecule has 4 heteroatoms. The first-order chi connectivity index (χ1) is 9.35. The Kier molecular flexibility index (Phi) is 4.95. The maximum absolute atomic E-state index is 11.7. The van der Waals surface area contributed by atoms with Crippen LogP contribution in [-0.4, -0.2) is 30.3 Å². The normalized spacial score (nSPS) is 33.6. The summed E-state index contributed by atoms with van der Waals surface area (Å²) < 4.78 is 5.30. The number of rotatable bonds is 4. The van der Waals surface area contributed by atoms with E-state index in [0.717, 1.165) is 12.5 Å². The largest absolute Gasteiger partial charge is 0.444 e. The van der Waals surface area contributed by atoms with Crippen molar-refractivity contribution in [3.8, 4) is 0 Å². The Hall–Kier alpha value is -0.770. The van der Waals surface area contributed by atoms with E-state index in [1.54, 1.807) is 0 Å². The van der Waals surface area contributed by atoms with Crippen LogP contribution in [0.3, 0.4) is 0 Å². The highest BCUT2D eigenvalue weighted by Crippen LogP contribution is 2.33. The molecule has 0 bridgehead atoms. The van der Waals surface area contributed by atoms with Gasteiger partial charge in [0.1, 0.15) is 5.60 Å². The van der Waals surface area contributed by atoms with Crippen LogP contribution in [0.4, 0.5) is 4.79 Å². The predicted octanol–water partition coefficient (Wildman–Crippen LogP) is 3.07. The molecule has 0 spiro atoms. The van der Waals surface area contributed by atoms with Crippen molar-refractivity contribution in [1.29, 1.82) is 0 Å². The molecule has 4 unspecified atom stereocenters. The Morgan fingerprint density at radius 1 is 1.20 bits per heavy atom. The van der Waals surface area contributed by atoms with Crippen LogP contribution in [0.1, 0.15) is 59.8 Å². The van der Waals surface area contributed by atoms with Gasteiger partial charge in [0.2, 0.25) is 0 Å². The summed E-state index contributed by atoms with van der Waals surface area (Å²) in [5.74, 6) is 1.38. The van der Waals surface area contributed by atoms with Gasteiger partial charge in [-0.05, 0) is 51.9 Å². The van der Waals surface area contributed by atoms with E-state index in [2.05, 4.69) is 17.6 Å². The van der Waals surface area contributed by atoms with Crippen molar-refractivity contribution in [1.82, 2.24) is 10.6 Å². The van der Waals surface area contributed by atoms with Crippen molar-refractivity contribution in [3.63, 3.8) is 0 Å². The Balaban J connectivity index is 1.75. The number of hydrogen-bond donors (Lipinski definition) is 2. The van der Waals surface area contributed by atoms with Crippen molar-refractivity contribution in [2.75, 3.05) is 6.54 Å². The molecule has 2 saturated carbocycles. The molecule has 0 saturated heterocycles. The molecule has 2 aliphatic rings. The zero-order chi connectivity index (χ0) is 14.8. The highest BCUT2D eigenvalue weighted by atomic mass is 16.6. The highest BCUT2D eigenvalue weighted by molar-refractivity contribution is 5.67. The van der Waals surface area contributed by atoms with Gasteiger partial charge in [-0.1, -0.05) is 19.8 Å². The fourth-order valence-corrected chi connectivity index (χ4v) is 3.03. The first kappa shape index (κ1) is 15.6. The van der Waals surface area contributed by atoms with E-state index in [0.29, 0.717) is 18.0 Å². The second-order valence-corrected chi connectivity index (χ2v) is 7.52. The molecule has 0 aromatic heterocycles. The first-order valence-corrected chi connectivity index (χ1v) is 8.08. The maximum atomic E-state index is 11.7. The molecule has 0 aromatic rings. The fourth-order valence-electron chi connectivity index (χ4n) is 3.03. The van der Waals surface area contributed by atoms with Crippen LogP contribution >= 0.6 is 0 Å². The molecule has 4 atom stereocenters. The van der Waals surface area contributed by atoms with E-state index in [-0.39, 0.29) is 6.09 Å². The lowest BCUT2D eigenvalue weighted by molar-refractivity contribution is 0.0510. The Labute approximate surface area is 123 Å². The summed E-state index contributed by atoms with van der Waals surface area (Å²) in [6.07, 6.45) is 6.05. The molecule has 1 amide bonds. The van der Waals surface area contributed by atoms with Crippen LogP contribution < -0.4 is 10.6 Å². The molecular formula is C16H30N2O2. The quantitative estimate of drug-likeness (QED) is 0.833. The molecule has 2 fully saturated rings. The fraction of sp³-hybridized carbons (Fsp3) is 0.938. The minimum Gasteiger partial charge on any atom is -0.444 e. The van der Waals surface area contributed by atoms with Crippen LogP contribution in [0, 0.1) is 11.8 Å². The van der Waals surface area contributed by atoms with Crippen molar-refractivity contribution in [2.45, 2.75) is 77.5 Å². The van der Waals surface area contributed by atoms with Gasteiger partial charge in [-0.25, -0.2) is 4.79 Å². The molecule has 20 heavy (non-hydrogen) atoms. The van der Waals surface area contributed by atoms with Crippen LogP contribution in [0.2, 0.25) is 0 Å². The van der Waals surface area contributed by atoms with Crippen LogP contribution in [0.25, 0.3) is 0 Å². The molecule has 0 aromatic carbocycles. The molecule has 4 nitrogen and oxygen atoms in total. The Bertz CT molecular complexity index is 338. The summed E-state index contributed by atoms with van der Waals surface area (Å²) in [7, 11) is 0. The SMILES string of the molecule is CC1CC1NC1CCCCC1CNC(=O)OC(C)(C)C. The van der Waals surface area contributed by atoms with Crippen molar-refractivity contribution in [2.24, 2.45) is 11.8 Å². The third-order valence-corrected chi connectivity index (χ3v) is 4.35. The average Bonchev–Trinajstić information content (AvgIpc) is 3.01. The third kappa shape index (κ3) is 4.97. The third-order valence-electron chi connectivity index (χ3n) is 4.35. The Morgan fingerprint density at radius 3 is 2.45 bits per heavy atom. The van der Waals surface area contributed by atoms with Crippen molar-refractivity contribution in [3.05, 3.63) is 0 Å². The molecule has 2 rings (SSSR count). The van der Waals surface area contributed by atoms with Gasteiger partial charge in [0.15, 0.2) is 0 Å². The minimum atomic E-state index is -0.419. The highest BCUT2D eigenvalue weighted by Gasteiger charge is 2.36. The standard InChI is InChI=1S/C16H30N2O2/c1-11-9-14(11)18-13-8-6-5-7-12(13)10-17-15(19)20-16(2,3)4/h11-14,18H,5-10H2,1-4H3,(H,17,19). The number of nitrogens with one attached hydrogen (secondary N) is 2. The summed E-state index contributed by atoms with van der Waals surface area (Å²) >= 11 is 0. The van der Waals surface area contributed by atoms with E-state index in [9.17, 15) is 4.79 Å². The minimum absolute atomic E-state index is 0.290. The molecule has 0 radical (unpaired) electrons. The summed E-state index contributed by atoms with van der Waals surface area (Å²) in [6, 6.07) is 1.27. The van der Waals surface area contributed by atoms with E-state index < -0.39 is 5.60 Å². The van der Waals surface area contributed by atoms with E-state index >= 15 is 0 Å². The molecule has 0 aliphatic heterocycles. The van der Waals surface area contributed by atoms with Gasteiger partial charge in [0, 0.05) is 18.6 Å². The summed E-state index contributed by atoms with van der Waals surface area (Å²) in [4.78, 5) is 11.7. The zero-order valence-corrected chi connectivity index (χ0v) is 13.4. The molecule has 2 N–H and O–H groups in total. The Morgan fingerprint density at radius 2 is 1.85 bits per heavy atom.